The van der Waals surface area contributed by atoms with Crippen LogP contribution in [-0.2, 0) is 26.2 Å². The normalized spacial score (nSPS) is 11.9. The third-order valence-electron chi connectivity index (χ3n) is 6.04. The monoisotopic (exact) mass is 591 g/mol. The molecule has 8 nitrogen and oxygen atoms in total. The molecule has 0 fully saturated rings. The number of methoxy groups -OCH3 is 1. The van der Waals surface area contributed by atoms with E-state index < -0.39 is 28.5 Å². The van der Waals surface area contributed by atoms with Crippen molar-refractivity contribution < 1.29 is 22.7 Å². The number of rotatable bonds is 12. The summed E-state index contributed by atoms with van der Waals surface area (Å²) in [6.07, 6.45) is 0.324. The van der Waals surface area contributed by atoms with Crippen molar-refractivity contribution in [1.82, 2.24) is 10.2 Å². The number of anilines is 1. The molecule has 0 spiro atoms. The lowest BCUT2D eigenvalue weighted by atomic mass is 10.1. The SMILES string of the molecule is CCNC(=O)C(CC)N(Cc1ccc(Cl)cc1)C(=O)CN(c1ccc(OC)c(Cl)c1)S(=O)(=O)c1ccccc1. The van der Waals surface area contributed by atoms with Crippen LogP contribution in [0.15, 0.2) is 77.7 Å². The van der Waals surface area contributed by atoms with Gasteiger partial charge in [-0.3, -0.25) is 13.9 Å². The molecule has 0 aliphatic heterocycles. The first kappa shape index (κ1) is 30.3. The molecule has 1 N–H and O–H groups in total. The molecule has 0 aliphatic rings. The van der Waals surface area contributed by atoms with Gasteiger partial charge >= 0.3 is 0 Å². The van der Waals surface area contributed by atoms with Gasteiger partial charge in [0.2, 0.25) is 11.8 Å². The highest BCUT2D eigenvalue weighted by Crippen LogP contribution is 2.32. The van der Waals surface area contributed by atoms with Gasteiger partial charge in [-0.2, -0.15) is 0 Å². The van der Waals surface area contributed by atoms with Gasteiger partial charge in [0.25, 0.3) is 10.0 Å². The summed E-state index contributed by atoms with van der Waals surface area (Å²) in [4.78, 5) is 28.3. The predicted octanol–water partition coefficient (Wildman–Crippen LogP) is 5.14. The summed E-state index contributed by atoms with van der Waals surface area (Å²) in [6, 6.07) is 18.4. The molecule has 11 heteroatoms. The zero-order valence-corrected chi connectivity index (χ0v) is 24.3. The van der Waals surface area contributed by atoms with E-state index in [0.29, 0.717) is 23.7 Å². The van der Waals surface area contributed by atoms with Crippen LogP contribution in [-0.4, -0.2) is 51.4 Å². The second kappa shape index (κ2) is 13.7. The van der Waals surface area contributed by atoms with Crippen LogP contribution in [0.3, 0.4) is 0 Å². The molecule has 208 valence electrons. The molecule has 0 aliphatic carbocycles. The van der Waals surface area contributed by atoms with E-state index in [9.17, 15) is 18.0 Å². The Morgan fingerprint density at radius 3 is 2.21 bits per heavy atom. The summed E-state index contributed by atoms with van der Waals surface area (Å²) >= 11 is 12.4. The molecule has 1 unspecified atom stereocenters. The summed E-state index contributed by atoms with van der Waals surface area (Å²) in [5.74, 6) is -0.530. The number of halogens is 2. The molecule has 39 heavy (non-hydrogen) atoms. The Morgan fingerprint density at radius 2 is 1.64 bits per heavy atom. The molecular formula is C28H31Cl2N3O5S. The first-order chi connectivity index (χ1) is 18.6. The summed E-state index contributed by atoms with van der Waals surface area (Å²) in [5.41, 5.74) is 0.913. The van der Waals surface area contributed by atoms with Crippen LogP contribution in [0, 0.1) is 0 Å². The summed E-state index contributed by atoms with van der Waals surface area (Å²) in [7, 11) is -2.74. The Hall–Kier alpha value is -3.27. The number of carbonyl (C=O) groups excluding carboxylic acids is 2. The summed E-state index contributed by atoms with van der Waals surface area (Å²) in [6.45, 7) is 3.48. The van der Waals surface area contributed by atoms with E-state index in [0.717, 1.165) is 9.87 Å². The predicted molar refractivity (Wildman–Crippen MR) is 154 cm³/mol. The fourth-order valence-corrected chi connectivity index (χ4v) is 5.86. The molecule has 0 aromatic heterocycles. The number of hydrogen-bond acceptors (Lipinski definition) is 5. The van der Waals surface area contributed by atoms with Crippen LogP contribution in [0.1, 0.15) is 25.8 Å². The minimum Gasteiger partial charge on any atom is -0.495 e. The molecule has 0 saturated carbocycles. The van der Waals surface area contributed by atoms with E-state index in [1.807, 2.05) is 0 Å². The quantitative estimate of drug-likeness (QED) is 0.314. The standard InChI is InChI=1S/C28H31Cl2N3O5S/c1-4-25(28(35)31-5-2)32(18-20-11-13-21(29)14-12-20)27(34)19-33(22-15-16-26(38-3)24(30)17-22)39(36,37)23-9-7-6-8-10-23/h6-17,25H,4-5,18-19H2,1-3H3,(H,31,35). The van der Waals surface area contributed by atoms with Crippen LogP contribution in [0.5, 0.6) is 5.75 Å². The minimum atomic E-state index is -4.19. The van der Waals surface area contributed by atoms with Gasteiger partial charge in [0.05, 0.1) is 22.7 Å². The third kappa shape index (κ3) is 7.44. The van der Waals surface area contributed by atoms with Crippen molar-refractivity contribution >= 4 is 50.7 Å². The molecule has 0 heterocycles. The zero-order valence-electron chi connectivity index (χ0n) is 21.9. The Kier molecular flexibility index (Phi) is 10.6. The van der Waals surface area contributed by atoms with Crippen LogP contribution in [0.25, 0.3) is 0 Å². The van der Waals surface area contributed by atoms with Gasteiger partial charge in [0.15, 0.2) is 0 Å². The van der Waals surface area contributed by atoms with Gasteiger partial charge in [-0.1, -0.05) is 60.5 Å². The highest BCUT2D eigenvalue weighted by molar-refractivity contribution is 7.92. The van der Waals surface area contributed by atoms with Crippen molar-refractivity contribution in [3.05, 3.63) is 88.4 Å². The average molecular weight is 593 g/mol. The van der Waals surface area contributed by atoms with Crippen molar-refractivity contribution in [2.24, 2.45) is 0 Å². The molecule has 3 aromatic carbocycles. The lowest BCUT2D eigenvalue weighted by Gasteiger charge is -2.33. The van der Waals surface area contributed by atoms with Crippen LogP contribution < -0.4 is 14.4 Å². The van der Waals surface area contributed by atoms with Crippen molar-refractivity contribution in [2.45, 2.75) is 37.8 Å². The Labute approximate surface area is 239 Å². The lowest BCUT2D eigenvalue weighted by Crippen LogP contribution is -2.52. The molecule has 0 saturated heterocycles. The number of likely N-dealkylation sites (N-methyl/N-ethyl adjacent to an activating group) is 1. The van der Waals surface area contributed by atoms with E-state index in [2.05, 4.69) is 5.32 Å². The molecule has 3 rings (SSSR count). The molecule has 3 aromatic rings. The molecule has 0 radical (unpaired) electrons. The molecule has 1 atom stereocenters. The van der Waals surface area contributed by atoms with Crippen LogP contribution in [0.4, 0.5) is 5.69 Å². The van der Waals surface area contributed by atoms with Gasteiger partial charge in [-0.05, 0) is 61.4 Å². The fraction of sp³-hybridized carbons (Fsp3) is 0.286. The molecule has 0 bridgehead atoms. The number of carbonyl (C=O) groups is 2. The van der Waals surface area contributed by atoms with E-state index in [-0.39, 0.29) is 28.1 Å². The zero-order chi connectivity index (χ0) is 28.6. The molecular weight excluding hydrogens is 561 g/mol. The Bertz CT molecular complexity index is 1390. The van der Waals surface area contributed by atoms with Crippen molar-refractivity contribution in [1.29, 1.82) is 0 Å². The number of hydrogen-bond donors (Lipinski definition) is 1. The summed E-state index contributed by atoms with van der Waals surface area (Å²) < 4.78 is 33.8. The van der Waals surface area contributed by atoms with Crippen molar-refractivity contribution in [2.75, 3.05) is 24.5 Å². The van der Waals surface area contributed by atoms with E-state index >= 15 is 0 Å². The van der Waals surface area contributed by atoms with Crippen LogP contribution >= 0.6 is 23.2 Å². The maximum absolute atomic E-state index is 13.9. The highest BCUT2D eigenvalue weighted by Gasteiger charge is 2.33. The number of ether oxygens (including phenoxy) is 1. The first-order valence-electron chi connectivity index (χ1n) is 12.3. The smallest absolute Gasteiger partial charge is 0.264 e. The fourth-order valence-electron chi connectivity index (χ4n) is 4.06. The second-order valence-electron chi connectivity index (χ2n) is 8.61. The summed E-state index contributed by atoms with van der Waals surface area (Å²) in [5, 5.41) is 3.49. The third-order valence-corrected chi connectivity index (χ3v) is 8.37. The maximum atomic E-state index is 13.9. The van der Waals surface area contributed by atoms with Gasteiger partial charge < -0.3 is 15.0 Å². The molecule has 2 amide bonds. The Morgan fingerprint density at radius 1 is 0.974 bits per heavy atom. The van der Waals surface area contributed by atoms with Crippen molar-refractivity contribution in [3.8, 4) is 5.75 Å². The highest BCUT2D eigenvalue weighted by atomic mass is 35.5. The minimum absolute atomic E-state index is 0.00441. The average Bonchev–Trinajstić information content (AvgIpc) is 2.93. The number of nitrogens with zero attached hydrogens (tertiary/aromatic N) is 2. The van der Waals surface area contributed by atoms with E-state index in [4.69, 9.17) is 27.9 Å². The lowest BCUT2D eigenvalue weighted by molar-refractivity contribution is -0.140. The topological polar surface area (TPSA) is 96.0 Å². The van der Waals surface area contributed by atoms with Crippen LogP contribution in [0.2, 0.25) is 10.0 Å². The van der Waals surface area contributed by atoms with E-state index in [1.54, 1.807) is 56.3 Å². The first-order valence-corrected chi connectivity index (χ1v) is 14.5. The van der Waals surface area contributed by atoms with Crippen molar-refractivity contribution in [3.63, 3.8) is 0 Å². The largest absolute Gasteiger partial charge is 0.495 e. The van der Waals surface area contributed by atoms with E-state index in [1.165, 1.54) is 42.3 Å². The number of sulfonamides is 1. The number of benzene rings is 3. The number of nitrogens with one attached hydrogen (secondary N) is 1. The second-order valence-corrected chi connectivity index (χ2v) is 11.3. The van der Waals surface area contributed by atoms with Gasteiger partial charge in [0, 0.05) is 18.1 Å². The Balaban J connectivity index is 2.07. The van der Waals surface area contributed by atoms with Gasteiger partial charge in [-0.15, -0.1) is 0 Å². The van der Waals surface area contributed by atoms with Gasteiger partial charge in [-0.25, -0.2) is 8.42 Å². The number of amides is 2. The maximum Gasteiger partial charge on any atom is 0.264 e. The van der Waals surface area contributed by atoms with Gasteiger partial charge in [0.1, 0.15) is 18.3 Å².